The molecule has 0 saturated carbocycles. The zero-order valence-electron chi connectivity index (χ0n) is 14.1. The van der Waals surface area contributed by atoms with Gasteiger partial charge < -0.3 is 14.1 Å². The molecule has 0 N–H and O–H groups in total. The molecule has 0 fully saturated rings. The van der Waals surface area contributed by atoms with Crippen LogP contribution in [0.3, 0.4) is 0 Å². The van der Waals surface area contributed by atoms with E-state index in [0.29, 0.717) is 18.9 Å². The molecule has 3 aromatic rings. The van der Waals surface area contributed by atoms with Crippen LogP contribution in [0.15, 0.2) is 50.1 Å². The first-order valence-electron chi connectivity index (χ1n) is 8.29. The zero-order chi connectivity index (χ0) is 17.6. The smallest absolute Gasteiger partial charge is 0.336 e. The fraction of sp³-hybridized carbons (Fsp3) is 0.250. The number of hydrogen-bond donors (Lipinski definition) is 0. The summed E-state index contributed by atoms with van der Waals surface area (Å²) in [5, 5.41) is 0.985. The third kappa shape index (κ3) is 2.82. The normalized spacial score (nSPS) is 13.6. The molecule has 0 aliphatic carbocycles. The van der Waals surface area contributed by atoms with Gasteiger partial charge in [-0.3, -0.25) is 0 Å². The van der Waals surface area contributed by atoms with E-state index in [1.54, 1.807) is 6.07 Å². The molecule has 0 unspecified atom stereocenters. The summed E-state index contributed by atoms with van der Waals surface area (Å²) >= 11 is 3.54. The van der Waals surface area contributed by atoms with Crippen molar-refractivity contribution in [1.29, 1.82) is 0 Å². The molecule has 0 spiro atoms. The Kier molecular flexibility index (Phi) is 4.04. The summed E-state index contributed by atoms with van der Waals surface area (Å²) in [7, 11) is 0. The lowest BCUT2D eigenvalue weighted by Crippen LogP contribution is -2.32. The van der Waals surface area contributed by atoms with Crippen molar-refractivity contribution in [2.24, 2.45) is 0 Å². The number of benzene rings is 2. The van der Waals surface area contributed by atoms with Crippen LogP contribution in [0.1, 0.15) is 23.6 Å². The Morgan fingerprint density at radius 3 is 2.80 bits per heavy atom. The van der Waals surface area contributed by atoms with E-state index >= 15 is 0 Å². The molecule has 1 aliphatic heterocycles. The second-order valence-electron chi connectivity index (χ2n) is 6.27. The predicted octanol–water partition coefficient (Wildman–Crippen LogP) is 4.78. The van der Waals surface area contributed by atoms with Crippen LogP contribution in [0.5, 0.6) is 5.75 Å². The number of ether oxygens (including phenoxy) is 1. The summed E-state index contributed by atoms with van der Waals surface area (Å²) in [6.07, 6.45) is 0.789. The highest BCUT2D eigenvalue weighted by Crippen LogP contribution is 2.35. The minimum Gasteiger partial charge on any atom is -0.473 e. The maximum absolute atomic E-state index is 12.0. The predicted molar refractivity (Wildman–Crippen MR) is 102 cm³/mol. The van der Waals surface area contributed by atoms with Gasteiger partial charge in [0.05, 0.1) is 12.1 Å². The monoisotopic (exact) mass is 399 g/mol. The zero-order valence-corrected chi connectivity index (χ0v) is 15.7. The van der Waals surface area contributed by atoms with Gasteiger partial charge in [0.2, 0.25) is 0 Å². The molecule has 2 aromatic carbocycles. The highest BCUT2D eigenvalue weighted by Gasteiger charge is 2.22. The van der Waals surface area contributed by atoms with Crippen LogP contribution in [0.25, 0.3) is 11.0 Å². The number of aryl methyl sites for hydroxylation is 2. The lowest BCUT2D eigenvalue weighted by molar-refractivity contribution is 0.289. The van der Waals surface area contributed by atoms with Crippen molar-refractivity contribution in [2.75, 3.05) is 11.6 Å². The summed E-state index contributed by atoms with van der Waals surface area (Å²) in [4.78, 5) is 14.1. The van der Waals surface area contributed by atoms with E-state index in [1.807, 2.05) is 25.1 Å². The average Bonchev–Trinajstić information content (AvgIpc) is 2.62. The SMILES string of the molecule is CCc1cc(=O)oc2c3c(ccc12)OCN(c1ccc(Br)c(C)c1)C3. The highest BCUT2D eigenvalue weighted by molar-refractivity contribution is 9.10. The third-order valence-electron chi connectivity index (χ3n) is 4.67. The fourth-order valence-electron chi connectivity index (χ4n) is 3.28. The molecule has 0 atom stereocenters. The van der Waals surface area contributed by atoms with E-state index in [9.17, 15) is 4.79 Å². The number of nitrogens with zero attached hydrogens (tertiary/aromatic N) is 1. The number of rotatable bonds is 2. The van der Waals surface area contributed by atoms with Gasteiger partial charge in [-0.2, -0.15) is 0 Å². The third-order valence-corrected chi connectivity index (χ3v) is 5.56. The number of anilines is 1. The van der Waals surface area contributed by atoms with Gasteiger partial charge in [-0.05, 0) is 54.8 Å². The minimum absolute atomic E-state index is 0.311. The van der Waals surface area contributed by atoms with Crippen molar-refractivity contribution in [1.82, 2.24) is 0 Å². The highest BCUT2D eigenvalue weighted by atomic mass is 79.9. The fourth-order valence-corrected chi connectivity index (χ4v) is 3.53. The van der Waals surface area contributed by atoms with Crippen molar-refractivity contribution in [3.63, 3.8) is 0 Å². The van der Waals surface area contributed by atoms with Gasteiger partial charge in [0.15, 0.2) is 6.73 Å². The molecule has 0 amide bonds. The molecule has 128 valence electrons. The Bertz CT molecular complexity index is 1030. The van der Waals surface area contributed by atoms with Gasteiger partial charge in [0.25, 0.3) is 0 Å². The van der Waals surface area contributed by atoms with E-state index in [1.165, 1.54) is 5.56 Å². The quantitative estimate of drug-likeness (QED) is 0.581. The Morgan fingerprint density at radius 2 is 2.04 bits per heavy atom. The van der Waals surface area contributed by atoms with Crippen LogP contribution in [0.2, 0.25) is 0 Å². The largest absolute Gasteiger partial charge is 0.473 e. The van der Waals surface area contributed by atoms with Gasteiger partial charge in [0, 0.05) is 21.6 Å². The molecular weight excluding hydrogens is 382 g/mol. The van der Waals surface area contributed by atoms with Gasteiger partial charge >= 0.3 is 5.63 Å². The van der Waals surface area contributed by atoms with E-state index < -0.39 is 0 Å². The van der Waals surface area contributed by atoms with E-state index in [4.69, 9.17) is 9.15 Å². The van der Waals surface area contributed by atoms with Gasteiger partial charge in [0.1, 0.15) is 11.3 Å². The van der Waals surface area contributed by atoms with E-state index in [2.05, 4.69) is 39.9 Å². The van der Waals surface area contributed by atoms with Gasteiger partial charge in [-0.15, -0.1) is 0 Å². The minimum atomic E-state index is -0.311. The van der Waals surface area contributed by atoms with E-state index in [-0.39, 0.29) is 5.63 Å². The molecule has 0 saturated heterocycles. The van der Waals surface area contributed by atoms with Crippen molar-refractivity contribution >= 4 is 32.6 Å². The summed E-state index contributed by atoms with van der Waals surface area (Å²) in [6.45, 7) is 5.22. The second-order valence-corrected chi connectivity index (χ2v) is 7.12. The lowest BCUT2D eigenvalue weighted by Gasteiger charge is -2.31. The second kappa shape index (κ2) is 6.23. The van der Waals surface area contributed by atoms with Crippen molar-refractivity contribution < 1.29 is 9.15 Å². The van der Waals surface area contributed by atoms with Crippen molar-refractivity contribution in [3.05, 3.63) is 68.0 Å². The Hall–Kier alpha value is -2.27. The molecule has 4 rings (SSSR count). The maximum atomic E-state index is 12.0. The van der Waals surface area contributed by atoms with E-state index in [0.717, 1.165) is 38.8 Å². The molecular formula is C20H18BrNO3. The standard InChI is InChI=1S/C20H18BrNO3/c1-3-13-9-19(23)25-20-15(13)5-7-18-16(20)10-22(11-24-18)14-4-6-17(21)12(2)8-14/h4-9H,3,10-11H2,1-2H3. The van der Waals surface area contributed by atoms with Crippen molar-refractivity contribution in [2.45, 2.75) is 26.8 Å². The maximum Gasteiger partial charge on any atom is 0.336 e. The van der Waals surface area contributed by atoms with Gasteiger partial charge in [-0.1, -0.05) is 22.9 Å². The first-order chi connectivity index (χ1) is 12.1. The Balaban J connectivity index is 1.82. The van der Waals surface area contributed by atoms with Crippen LogP contribution in [0, 0.1) is 6.92 Å². The molecule has 2 heterocycles. The first kappa shape index (κ1) is 16.2. The first-order valence-corrected chi connectivity index (χ1v) is 9.08. The van der Waals surface area contributed by atoms with Crippen LogP contribution < -0.4 is 15.3 Å². The van der Waals surface area contributed by atoms with Crippen LogP contribution >= 0.6 is 15.9 Å². The Labute approximate surface area is 154 Å². The molecule has 25 heavy (non-hydrogen) atoms. The van der Waals surface area contributed by atoms with Gasteiger partial charge in [-0.25, -0.2) is 4.79 Å². The summed E-state index contributed by atoms with van der Waals surface area (Å²) in [5.74, 6) is 0.786. The molecule has 0 bridgehead atoms. The molecule has 4 nitrogen and oxygen atoms in total. The molecule has 1 aromatic heterocycles. The topological polar surface area (TPSA) is 42.7 Å². The number of hydrogen-bond acceptors (Lipinski definition) is 4. The summed E-state index contributed by atoms with van der Waals surface area (Å²) < 4.78 is 12.6. The lowest BCUT2D eigenvalue weighted by atomic mass is 10.0. The van der Waals surface area contributed by atoms with Crippen LogP contribution in [-0.2, 0) is 13.0 Å². The van der Waals surface area contributed by atoms with Crippen LogP contribution in [0.4, 0.5) is 5.69 Å². The van der Waals surface area contributed by atoms with Crippen molar-refractivity contribution in [3.8, 4) is 5.75 Å². The number of halogens is 1. The molecule has 0 radical (unpaired) electrons. The summed E-state index contributed by atoms with van der Waals surface area (Å²) in [5.41, 5.74) is 4.51. The average molecular weight is 400 g/mol. The molecule has 1 aliphatic rings. The summed E-state index contributed by atoms with van der Waals surface area (Å²) in [6, 6.07) is 11.8. The number of fused-ring (bicyclic) bond motifs is 3. The Morgan fingerprint density at radius 1 is 1.20 bits per heavy atom. The van der Waals surface area contributed by atoms with Crippen LogP contribution in [-0.4, -0.2) is 6.73 Å². The molecule has 5 heteroatoms.